The zero-order valence-electron chi connectivity index (χ0n) is 5.29. The highest BCUT2D eigenvalue weighted by atomic mass is 79.9. The molecule has 1 aliphatic rings. The number of rotatable bonds is 2. The SMILES string of the molecule is Br.NC(=O)C1(C(N)=O)CC1. The molecule has 0 spiro atoms. The number of carbonyl (C=O) groups is 2. The Morgan fingerprint density at radius 1 is 1.10 bits per heavy atom. The van der Waals surface area contributed by atoms with E-state index in [-0.39, 0.29) is 17.0 Å². The van der Waals surface area contributed by atoms with Crippen LogP contribution >= 0.6 is 17.0 Å². The molecule has 0 saturated heterocycles. The molecule has 0 aromatic heterocycles. The number of primary amides is 2. The van der Waals surface area contributed by atoms with E-state index in [1.807, 2.05) is 0 Å². The van der Waals surface area contributed by atoms with Gasteiger partial charge in [0.1, 0.15) is 5.41 Å². The van der Waals surface area contributed by atoms with Crippen molar-refractivity contribution in [2.24, 2.45) is 16.9 Å². The third-order valence-corrected chi connectivity index (χ3v) is 1.69. The molecular weight excluding hydrogens is 200 g/mol. The van der Waals surface area contributed by atoms with Gasteiger partial charge in [0.2, 0.25) is 11.8 Å². The summed E-state index contributed by atoms with van der Waals surface area (Å²) in [5.74, 6) is -1.18. The first-order valence-electron chi connectivity index (χ1n) is 2.69. The molecule has 0 heterocycles. The van der Waals surface area contributed by atoms with E-state index >= 15 is 0 Å². The summed E-state index contributed by atoms with van der Waals surface area (Å²) in [6, 6.07) is 0. The lowest BCUT2D eigenvalue weighted by Gasteiger charge is -2.02. The Kier molecular flexibility index (Phi) is 2.42. The molecular formula is C5H9BrN2O2. The number of carbonyl (C=O) groups excluding carboxylic acids is 2. The number of nitrogens with two attached hydrogens (primary N) is 2. The molecule has 0 aromatic carbocycles. The minimum Gasteiger partial charge on any atom is -0.369 e. The summed E-state index contributed by atoms with van der Waals surface area (Å²) < 4.78 is 0. The van der Waals surface area contributed by atoms with Crippen molar-refractivity contribution >= 4 is 28.8 Å². The van der Waals surface area contributed by atoms with E-state index in [0.717, 1.165) is 0 Å². The highest BCUT2D eigenvalue weighted by molar-refractivity contribution is 8.93. The van der Waals surface area contributed by atoms with Crippen LogP contribution in [-0.4, -0.2) is 11.8 Å². The van der Waals surface area contributed by atoms with E-state index in [1.54, 1.807) is 0 Å². The van der Waals surface area contributed by atoms with Gasteiger partial charge in [-0.25, -0.2) is 0 Å². The van der Waals surface area contributed by atoms with Crippen LogP contribution in [0.1, 0.15) is 12.8 Å². The molecule has 10 heavy (non-hydrogen) atoms. The summed E-state index contributed by atoms with van der Waals surface area (Å²) in [6.07, 6.45) is 1.05. The Balaban J connectivity index is 0.000000810. The summed E-state index contributed by atoms with van der Waals surface area (Å²) in [5.41, 5.74) is 8.82. The van der Waals surface area contributed by atoms with E-state index < -0.39 is 17.2 Å². The Hall–Kier alpha value is -0.580. The molecule has 0 unspecified atom stereocenters. The number of hydrogen-bond acceptors (Lipinski definition) is 2. The molecule has 0 aromatic rings. The topological polar surface area (TPSA) is 86.2 Å². The second-order valence-corrected chi connectivity index (χ2v) is 2.31. The van der Waals surface area contributed by atoms with Crippen LogP contribution in [0.25, 0.3) is 0 Å². The highest BCUT2D eigenvalue weighted by Gasteiger charge is 2.54. The minimum atomic E-state index is -0.972. The van der Waals surface area contributed by atoms with E-state index in [2.05, 4.69) is 0 Å². The van der Waals surface area contributed by atoms with Gasteiger partial charge < -0.3 is 11.5 Å². The third-order valence-electron chi connectivity index (χ3n) is 1.69. The van der Waals surface area contributed by atoms with E-state index in [4.69, 9.17) is 11.5 Å². The van der Waals surface area contributed by atoms with Gasteiger partial charge in [-0.05, 0) is 12.8 Å². The van der Waals surface area contributed by atoms with Crippen molar-refractivity contribution in [2.75, 3.05) is 0 Å². The van der Waals surface area contributed by atoms with Gasteiger partial charge in [-0.3, -0.25) is 9.59 Å². The fourth-order valence-corrected chi connectivity index (χ4v) is 0.739. The quantitative estimate of drug-likeness (QED) is 0.590. The normalized spacial score (nSPS) is 18.8. The molecule has 2 amide bonds. The van der Waals surface area contributed by atoms with Crippen LogP contribution < -0.4 is 11.5 Å². The first kappa shape index (κ1) is 9.42. The number of halogens is 1. The van der Waals surface area contributed by atoms with Crippen LogP contribution in [-0.2, 0) is 9.59 Å². The summed E-state index contributed by atoms with van der Waals surface area (Å²) in [7, 11) is 0. The molecule has 4 N–H and O–H groups in total. The summed E-state index contributed by atoms with van der Waals surface area (Å²) in [5, 5.41) is 0. The molecule has 0 bridgehead atoms. The van der Waals surface area contributed by atoms with E-state index in [1.165, 1.54) is 0 Å². The van der Waals surface area contributed by atoms with Crippen molar-refractivity contribution in [1.29, 1.82) is 0 Å². The first-order valence-corrected chi connectivity index (χ1v) is 2.69. The molecule has 0 atom stereocenters. The second-order valence-electron chi connectivity index (χ2n) is 2.31. The molecule has 4 nitrogen and oxygen atoms in total. The zero-order chi connectivity index (χ0) is 7.07. The van der Waals surface area contributed by atoms with Crippen molar-refractivity contribution in [3.8, 4) is 0 Å². The smallest absolute Gasteiger partial charge is 0.233 e. The minimum absolute atomic E-state index is 0. The summed E-state index contributed by atoms with van der Waals surface area (Å²) in [4.78, 5) is 20.9. The lowest BCUT2D eigenvalue weighted by Crippen LogP contribution is -2.36. The molecule has 5 heteroatoms. The Bertz CT molecular complexity index is 160. The molecule has 1 aliphatic carbocycles. The van der Waals surface area contributed by atoms with Gasteiger partial charge in [0.05, 0.1) is 0 Å². The number of amides is 2. The first-order chi connectivity index (χ1) is 4.09. The highest BCUT2D eigenvalue weighted by Crippen LogP contribution is 2.44. The van der Waals surface area contributed by atoms with E-state index in [9.17, 15) is 9.59 Å². The maximum Gasteiger partial charge on any atom is 0.233 e. The van der Waals surface area contributed by atoms with Crippen LogP contribution in [0.2, 0.25) is 0 Å². The average molecular weight is 209 g/mol. The lowest BCUT2D eigenvalue weighted by atomic mass is 10.1. The number of hydrogen-bond donors (Lipinski definition) is 2. The average Bonchev–Trinajstić information content (AvgIpc) is 2.40. The van der Waals surface area contributed by atoms with Gasteiger partial charge >= 0.3 is 0 Å². The van der Waals surface area contributed by atoms with Crippen molar-refractivity contribution in [3.05, 3.63) is 0 Å². The predicted octanol–water partition coefficient (Wildman–Crippen LogP) is -0.685. The Morgan fingerprint density at radius 2 is 1.40 bits per heavy atom. The summed E-state index contributed by atoms with van der Waals surface area (Å²) in [6.45, 7) is 0. The molecule has 1 rings (SSSR count). The third kappa shape index (κ3) is 1.13. The van der Waals surface area contributed by atoms with Gasteiger partial charge in [0, 0.05) is 0 Å². The lowest BCUT2D eigenvalue weighted by molar-refractivity contribution is -0.133. The van der Waals surface area contributed by atoms with Crippen LogP contribution in [0.4, 0.5) is 0 Å². The fourth-order valence-electron chi connectivity index (χ4n) is 0.739. The molecule has 0 radical (unpaired) electrons. The molecule has 0 aliphatic heterocycles. The van der Waals surface area contributed by atoms with Gasteiger partial charge in [-0.15, -0.1) is 17.0 Å². The monoisotopic (exact) mass is 208 g/mol. The predicted molar refractivity (Wildman–Crippen MR) is 40.4 cm³/mol. The van der Waals surface area contributed by atoms with Crippen molar-refractivity contribution in [1.82, 2.24) is 0 Å². The summed E-state index contributed by atoms with van der Waals surface area (Å²) >= 11 is 0. The fraction of sp³-hybridized carbons (Fsp3) is 0.600. The maximum absolute atomic E-state index is 10.4. The van der Waals surface area contributed by atoms with Crippen LogP contribution in [0.5, 0.6) is 0 Å². The van der Waals surface area contributed by atoms with Crippen molar-refractivity contribution < 1.29 is 9.59 Å². The van der Waals surface area contributed by atoms with Gasteiger partial charge in [-0.2, -0.15) is 0 Å². The van der Waals surface area contributed by atoms with Gasteiger partial charge in [-0.1, -0.05) is 0 Å². The van der Waals surface area contributed by atoms with E-state index in [0.29, 0.717) is 12.8 Å². The molecule has 1 fully saturated rings. The second kappa shape index (κ2) is 2.57. The Morgan fingerprint density at radius 3 is 1.40 bits per heavy atom. The Labute approximate surface area is 68.7 Å². The maximum atomic E-state index is 10.4. The largest absolute Gasteiger partial charge is 0.369 e. The van der Waals surface area contributed by atoms with Crippen molar-refractivity contribution in [3.63, 3.8) is 0 Å². The van der Waals surface area contributed by atoms with Crippen LogP contribution in [0.15, 0.2) is 0 Å². The van der Waals surface area contributed by atoms with Gasteiger partial charge in [0.15, 0.2) is 0 Å². The standard InChI is InChI=1S/C5H8N2O2.BrH/c6-3(8)5(1-2-5)4(7)9;/h1-2H2,(H2,6,8)(H2,7,9);1H. The molecule has 58 valence electrons. The van der Waals surface area contributed by atoms with Gasteiger partial charge in [0.25, 0.3) is 0 Å². The van der Waals surface area contributed by atoms with Crippen LogP contribution in [0, 0.1) is 5.41 Å². The van der Waals surface area contributed by atoms with Crippen molar-refractivity contribution in [2.45, 2.75) is 12.8 Å². The molecule has 1 saturated carbocycles. The van der Waals surface area contributed by atoms with Crippen LogP contribution in [0.3, 0.4) is 0 Å². The zero-order valence-corrected chi connectivity index (χ0v) is 7.01.